The SMILES string of the molecule is C[C@@H]1Cc2ccccc2N1CCCNC(=S)Nc1ccccc1. The van der Waals surface area contributed by atoms with Gasteiger partial charge in [0.05, 0.1) is 0 Å². The lowest BCUT2D eigenvalue weighted by atomic mass is 10.1. The highest BCUT2D eigenvalue weighted by atomic mass is 32.1. The summed E-state index contributed by atoms with van der Waals surface area (Å²) in [5.41, 5.74) is 3.88. The van der Waals surface area contributed by atoms with Crippen LogP contribution in [0.3, 0.4) is 0 Å². The molecule has 0 saturated carbocycles. The van der Waals surface area contributed by atoms with E-state index in [1.807, 2.05) is 30.3 Å². The van der Waals surface area contributed by atoms with Gasteiger partial charge in [0, 0.05) is 30.5 Å². The normalized spacial score (nSPS) is 16.0. The monoisotopic (exact) mass is 325 g/mol. The fourth-order valence-corrected chi connectivity index (χ4v) is 3.34. The molecular weight excluding hydrogens is 302 g/mol. The van der Waals surface area contributed by atoms with Crippen molar-refractivity contribution in [2.24, 2.45) is 0 Å². The lowest BCUT2D eigenvalue weighted by Crippen LogP contribution is -2.34. The van der Waals surface area contributed by atoms with Crippen molar-refractivity contribution in [1.82, 2.24) is 5.32 Å². The second kappa shape index (κ2) is 7.47. The minimum Gasteiger partial charge on any atom is -0.368 e. The number of nitrogens with one attached hydrogen (secondary N) is 2. The summed E-state index contributed by atoms with van der Waals surface area (Å²) in [5, 5.41) is 7.18. The van der Waals surface area contributed by atoms with Crippen molar-refractivity contribution in [2.45, 2.75) is 25.8 Å². The van der Waals surface area contributed by atoms with Crippen molar-refractivity contribution in [2.75, 3.05) is 23.3 Å². The summed E-state index contributed by atoms with van der Waals surface area (Å²) in [6.45, 7) is 4.23. The van der Waals surface area contributed by atoms with Crippen molar-refractivity contribution in [1.29, 1.82) is 0 Å². The zero-order valence-electron chi connectivity index (χ0n) is 13.5. The Kier molecular flexibility index (Phi) is 5.13. The average Bonchev–Trinajstić information content (AvgIpc) is 2.88. The molecule has 2 N–H and O–H groups in total. The van der Waals surface area contributed by atoms with Gasteiger partial charge in [-0.1, -0.05) is 36.4 Å². The van der Waals surface area contributed by atoms with Crippen LogP contribution in [-0.2, 0) is 6.42 Å². The van der Waals surface area contributed by atoms with E-state index in [9.17, 15) is 0 Å². The lowest BCUT2D eigenvalue weighted by molar-refractivity contribution is 0.641. The molecule has 1 aliphatic rings. The molecule has 0 fully saturated rings. The van der Waals surface area contributed by atoms with E-state index < -0.39 is 0 Å². The molecule has 120 valence electrons. The van der Waals surface area contributed by atoms with E-state index in [2.05, 4.69) is 46.7 Å². The summed E-state index contributed by atoms with van der Waals surface area (Å²) in [6.07, 6.45) is 2.22. The molecule has 0 saturated heterocycles. The topological polar surface area (TPSA) is 27.3 Å². The summed E-state index contributed by atoms with van der Waals surface area (Å²) >= 11 is 5.33. The van der Waals surface area contributed by atoms with Gasteiger partial charge in [-0.3, -0.25) is 0 Å². The molecule has 0 spiro atoms. The van der Waals surface area contributed by atoms with Crippen LogP contribution in [0.4, 0.5) is 11.4 Å². The number of anilines is 2. The van der Waals surface area contributed by atoms with Crippen LogP contribution in [0.25, 0.3) is 0 Å². The van der Waals surface area contributed by atoms with E-state index in [4.69, 9.17) is 12.2 Å². The second-order valence-electron chi connectivity index (χ2n) is 5.98. The zero-order valence-corrected chi connectivity index (χ0v) is 14.3. The van der Waals surface area contributed by atoms with E-state index in [1.165, 1.54) is 11.3 Å². The molecule has 3 rings (SSSR count). The molecule has 2 aromatic rings. The fourth-order valence-electron chi connectivity index (χ4n) is 3.12. The van der Waals surface area contributed by atoms with Crippen LogP contribution in [0.2, 0.25) is 0 Å². The third-order valence-electron chi connectivity index (χ3n) is 4.24. The standard InChI is InChI=1S/C19H23N3S/c1-15-14-16-8-5-6-11-18(16)22(15)13-7-12-20-19(23)21-17-9-3-2-4-10-17/h2-6,8-11,15H,7,12-14H2,1H3,(H2,20,21,23)/t15-/m1/s1. The summed E-state index contributed by atoms with van der Waals surface area (Å²) < 4.78 is 0. The molecule has 4 heteroatoms. The molecule has 1 atom stereocenters. The molecule has 1 heterocycles. The Balaban J connectivity index is 1.43. The van der Waals surface area contributed by atoms with Crippen LogP contribution >= 0.6 is 12.2 Å². The predicted molar refractivity (Wildman–Crippen MR) is 102 cm³/mol. The van der Waals surface area contributed by atoms with E-state index in [0.717, 1.165) is 31.6 Å². The average molecular weight is 325 g/mol. The van der Waals surface area contributed by atoms with Crippen molar-refractivity contribution in [3.05, 3.63) is 60.2 Å². The van der Waals surface area contributed by atoms with Crippen molar-refractivity contribution < 1.29 is 0 Å². The minimum absolute atomic E-state index is 0.585. The first-order valence-corrected chi connectivity index (χ1v) is 8.59. The van der Waals surface area contributed by atoms with Gasteiger partial charge in [0.1, 0.15) is 0 Å². The van der Waals surface area contributed by atoms with E-state index >= 15 is 0 Å². The highest BCUT2D eigenvalue weighted by Crippen LogP contribution is 2.31. The maximum absolute atomic E-state index is 5.33. The van der Waals surface area contributed by atoms with Gasteiger partial charge in [0.25, 0.3) is 0 Å². The van der Waals surface area contributed by atoms with Gasteiger partial charge < -0.3 is 15.5 Å². The van der Waals surface area contributed by atoms with Gasteiger partial charge in [0.2, 0.25) is 0 Å². The van der Waals surface area contributed by atoms with Gasteiger partial charge in [-0.15, -0.1) is 0 Å². The third-order valence-corrected chi connectivity index (χ3v) is 4.49. The third kappa shape index (κ3) is 4.02. The highest BCUT2D eigenvalue weighted by molar-refractivity contribution is 7.80. The number of hydrogen-bond acceptors (Lipinski definition) is 2. The number of nitrogens with zero attached hydrogens (tertiary/aromatic N) is 1. The number of hydrogen-bond donors (Lipinski definition) is 2. The smallest absolute Gasteiger partial charge is 0.170 e. The molecule has 0 amide bonds. The molecule has 0 unspecified atom stereocenters. The molecular formula is C19H23N3S. The maximum atomic E-state index is 5.33. The van der Waals surface area contributed by atoms with Crippen LogP contribution in [-0.4, -0.2) is 24.2 Å². The Labute approximate surface area is 143 Å². The molecule has 23 heavy (non-hydrogen) atoms. The van der Waals surface area contributed by atoms with Crippen LogP contribution in [0.1, 0.15) is 18.9 Å². The maximum Gasteiger partial charge on any atom is 0.170 e. The molecule has 2 aromatic carbocycles. The summed E-state index contributed by atoms with van der Waals surface area (Å²) in [7, 11) is 0. The fraction of sp³-hybridized carbons (Fsp3) is 0.316. The zero-order chi connectivity index (χ0) is 16.1. The van der Waals surface area contributed by atoms with Gasteiger partial charge in [-0.25, -0.2) is 0 Å². The number of benzene rings is 2. The van der Waals surface area contributed by atoms with Gasteiger partial charge in [-0.2, -0.15) is 0 Å². The first-order chi connectivity index (χ1) is 11.2. The first kappa shape index (κ1) is 15.8. The van der Waals surface area contributed by atoms with Gasteiger partial charge in [0.15, 0.2) is 5.11 Å². The Morgan fingerprint density at radius 2 is 1.87 bits per heavy atom. The van der Waals surface area contributed by atoms with Crippen molar-refractivity contribution >= 4 is 28.7 Å². The Morgan fingerprint density at radius 1 is 1.13 bits per heavy atom. The van der Waals surface area contributed by atoms with E-state index in [1.54, 1.807) is 0 Å². The van der Waals surface area contributed by atoms with E-state index in [0.29, 0.717) is 11.2 Å². The molecule has 1 aliphatic heterocycles. The van der Waals surface area contributed by atoms with Crippen LogP contribution < -0.4 is 15.5 Å². The van der Waals surface area contributed by atoms with Crippen LogP contribution in [0.15, 0.2) is 54.6 Å². The van der Waals surface area contributed by atoms with Crippen LogP contribution in [0, 0.1) is 0 Å². The summed E-state index contributed by atoms with van der Waals surface area (Å²) in [6, 6.07) is 19.3. The number of para-hydroxylation sites is 2. The predicted octanol–water partition coefficient (Wildman–Crippen LogP) is 3.81. The van der Waals surface area contributed by atoms with Crippen molar-refractivity contribution in [3.63, 3.8) is 0 Å². The van der Waals surface area contributed by atoms with Gasteiger partial charge in [-0.05, 0) is 55.7 Å². The first-order valence-electron chi connectivity index (χ1n) is 8.18. The largest absolute Gasteiger partial charge is 0.368 e. The number of fused-ring (bicyclic) bond motifs is 1. The second-order valence-corrected chi connectivity index (χ2v) is 6.38. The Hall–Kier alpha value is -2.07. The number of rotatable bonds is 5. The molecule has 3 nitrogen and oxygen atoms in total. The number of thiocarbonyl (C=S) groups is 1. The van der Waals surface area contributed by atoms with E-state index in [-0.39, 0.29) is 0 Å². The van der Waals surface area contributed by atoms with Crippen LogP contribution in [0.5, 0.6) is 0 Å². The van der Waals surface area contributed by atoms with Gasteiger partial charge >= 0.3 is 0 Å². The minimum atomic E-state index is 0.585. The summed E-state index contributed by atoms with van der Waals surface area (Å²) in [4.78, 5) is 2.50. The summed E-state index contributed by atoms with van der Waals surface area (Å²) in [5.74, 6) is 0. The Bertz CT molecular complexity index is 657. The molecule has 0 bridgehead atoms. The molecule has 0 aliphatic carbocycles. The quantitative estimate of drug-likeness (QED) is 0.646. The van der Waals surface area contributed by atoms with Crippen molar-refractivity contribution in [3.8, 4) is 0 Å². The highest BCUT2D eigenvalue weighted by Gasteiger charge is 2.24. The molecule has 0 aromatic heterocycles. The Morgan fingerprint density at radius 3 is 2.70 bits per heavy atom. The molecule has 0 radical (unpaired) electrons. The lowest BCUT2D eigenvalue weighted by Gasteiger charge is -2.25.